The van der Waals surface area contributed by atoms with Crippen molar-refractivity contribution in [1.82, 2.24) is 5.32 Å². The molecule has 0 aromatic heterocycles. The second kappa shape index (κ2) is 6.34. The number of aliphatic hydroxyl groups excluding tert-OH is 2. The standard InChI is InChI=1S/C12H17NO5/c1-13-6-10(15)11(16)7-3-4-8(9(14)5-7)12(17)18-2/h3-5,10-11,13-16H,6H2,1-2H3. The van der Waals surface area contributed by atoms with Crippen LogP contribution in [0.5, 0.6) is 5.75 Å². The van der Waals surface area contributed by atoms with Crippen LogP contribution in [0.4, 0.5) is 0 Å². The Labute approximate surface area is 105 Å². The molecule has 0 aliphatic rings. The maximum atomic E-state index is 11.2. The number of rotatable bonds is 5. The Morgan fingerprint density at radius 3 is 2.61 bits per heavy atom. The molecule has 2 atom stereocenters. The van der Waals surface area contributed by atoms with Gasteiger partial charge in [0.25, 0.3) is 0 Å². The van der Waals surface area contributed by atoms with E-state index in [1.807, 2.05) is 0 Å². The maximum Gasteiger partial charge on any atom is 0.341 e. The lowest BCUT2D eigenvalue weighted by Crippen LogP contribution is -2.29. The summed E-state index contributed by atoms with van der Waals surface area (Å²) in [5.74, 6) is -0.959. The highest BCUT2D eigenvalue weighted by Gasteiger charge is 2.20. The van der Waals surface area contributed by atoms with Crippen LogP contribution in [-0.4, -0.2) is 48.1 Å². The van der Waals surface area contributed by atoms with E-state index in [0.717, 1.165) is 0 Å². The Morgan fingerprint density at radius 2 is 2.11 bits per heavy atom. The third-order valence-corrected chi connectivity index (χ3v) is 2.55. The molecule has 100 valence electrons. The fourth-order valence-electron chi connectivity index (χ4n) is 1.56. The van der Waals surface area contributed by atoms with Gasteiger partial charge >= 0.3 is 5.97 Å². The molecular formula is C12H17NO5. The number of phenols is 1. The molecule has 0 bridgehead atoms. The number of benzene rings is 1. The van der Waals surface area contributed by atoms with Crippen LogP contribution in [0.2, 0.25) is 0 Å². The largest absolute Gasteiger partial charge is 0.507 e. The molecule has 1 aromatic rings. The molecular weight excluding hydrogens is 238 g/mol. The van der Waals surface area contributed by atoms with Gasteiger partial charge in [-0.1, -0.05) is 6.07 Å². The number of phenolic OH excluding ortho intramolecular Hbond substituents is 1. The molecule has 6 nitrogen and oxygen atoms in total. The number of ether oxygens (including phenoxy) is 1. The predicted octanol–water partition coefficient (Wildman–Crippen LogP) is -0.208. The zero-order chi connectivity index (χ0) is 13.7. The molecule has 0 saturated carbocycles. The minimum Gasteiger partial charge on any atom is -0.507 e. The first-order valence-electron chi connectivity index (χ1n) is 5.43. The normalized spacial score (nSPS) is 14.0. The smallest absolute Gasteiger partial charge is 0.341 e. The lowest BCUT2D eigenvalue weighted by molar-refractivity contribution is 0.0201. The molecule has 0 spiro atoms. The van der Waals surface area contributed by atoms with Crippen LogP contribution in [0.25, 0.3) is 0 Å². The van der Waals surface area contributed by atoms with E-state index < -0.39 is 18.2 Å². The van der Waals surface area contributed by atoms with Crippen LogP contribution >= 0.6 is 0 Å². The van der Waals surface area contributed by atoms with Crippen LogP contribution in [0, 0.1) is 0 Å². The molecule has 0 radical (unpaired) electrons. The average Bonchev–Trinajstić information content (AvgIpc) is 2.37. The number of methoxy groups -OCH3 is 1. The summed E-state index contributed by atoms with van der Waals surface area (Å²) in [5, 5.41) is 31.8. The SMILES string of the molecule is CNCC(O)C(O)c1ccc(C(=O)OC)c(O)c1. The monoisotopic (exact) mass is 255 g/mol. The molecule has 0 aliphatic heterocycles. The molecule has 2 unspecified atom stereocenters. The van der Waals surface area contributed by atoms with Gasteiger partial charge in [-0.3, -0.25) is 0 Å². The molecule has 0 fully saturated rings. The predicted molar refractivity (Wildman–Crippen MR) is 64.3 cm³/mol. The van der Waals surface area contributed by atoms with Crippen molar-refractivity contribution in [3.63, 3.8) is 0 Å². The molecule has 0 aliphatic carbocycles. The van der Waals surface area contributed by atoms with Gasteiger partial charge in [-0.05, 0) is 24.7 Å². The number of esters is 1. The molecule has 1 aromatic carbocycles. The summed E-state index contributed by atoms with van der Waals surface area (Å²) in [6.07, 6.45) is -2.14. The summed E-state index contributed by atoms with van der Waals surface area (Å²) < 4.78 is 4.48. The lowest BCUT2D eigenvalue weighted by Gasteiger charge is -2.18. The Morgan fingerprint density at radius 1 is 1.44 bits per heavy atom. The van der Waals surface area contributed by atoms with E-state index in [1.54, 1.807) is 7.05 Å². The number of aliphatic hydroxyl groups is 2. The number of carbonyl (C=O) groups excluding carboxylic acids is 1. The van der Waals surface area contributed by atoms with Gasteiger partial charge in [0.1, 0.15) is 17.4 Å². The quantitative estimate of drug-likeness (QED) is 0.543. The average molecular weight is 255 g/mol. The van der Waals surface area contributed by atoms with Gasteiger partial charge in [0, 0.05) is 6.54 Å². The van der Waals surface area contributed by atoms with Crippen molar-refractivity contribution in [2.24, 2.45) is 0 Å². The van der Waals surface area contributed by atoms with Crippen molar-refractivity contribution in [2.45, 2.75) is 12.2 Å². The van der Waals surface area contributed by atoms with Gasteiger partial charge in [0.05, 0.1) is 13.2 Å². The number of hydrogen-bond acceptors (Lipinski definition) is 6. The minimum atomic E-state index is -1.14. The van der Waals surface area contributed by atoms with E-state index in [1.165, 1.54) is 25.3 Å². The summed E-state index contributed by atoms with van der Waals surface area (Å²) in [6.45, 7) is 0.209. The highest BCUT2D eigenvalue weighted by atomic mass is 16.5. The van der Waals surface area contributed by atoms with Crippen LogP contribution in [0.15, 0.2) is 18.2 Å². The van der Waals surface area contributed by atoms with Crippen molar-refractivity contribution in [3.05, 3.63) is 29.3 Å². The van der Waals surface area contributed by atoms with Crippen LogP contribution < -0.4 is 5.32 Å². The number of carbonyl (C=O) groups is 1. The van der Waals surface area contributed by atoms with Crippen molar-refractivity contribution in [1.29, 1.82) is 0 Å². The number of hydrogen-bond donors (Lipinski definition) is 4. The third-order valence-electron chi connectivity index (χ3n) is 2.55. The van der Waals surface area contributed by atoms with E-state index in [0.29, 0.717) is 5.56 Å². The highest BCUT2D eigenvalue weighted by Crippen LogP contribution is 2.25. The molecule has 6 heteroatoms. The molecule has 18 heavy (non-hydrogen) atoms. The Kier molecular flexibility index (Phi) is 5.08. The fraction of sp³-hybridized carbons (Fsp3) is 0.417. The van der Waals surface area contributed by atoms with Gasteiger partial charge < -0.3 is 25.4 Å². The minimum absolute atomic E-state index is 0.0107. The van der Waals surface area contributed by atoms with E-state index >= 15 is 0 Å². The van der Waals surface area contributed by atoms with Crippen molar-refractivity contribution >= 4 is 5.97 Å². The van der Waals surface area contributed by atoms with Crippen LogP contribution in [-0.2, 0) is 4.74 Å². The number of likely N-dealkylation sites (N-methyl/N-ethyl adjacent to an activating group) is 1. The first-order valence-corrected chi connectivity index (χ1v) is 5.43. The zero-order valence-corrected chi connectivity index (χ0v) is 10.3. The second-order valence-electron chi connectivity index (χ2n) is 3.84. The van der Waals surface area contributed by atoms with Gasteiger partial charge in [0.15, 0.2) is 0 Å². The molecule has 0 saturated heterocycles. The third kappa shape index (κ3) is 3.19. The van der Waals surface area contributed by atoms with Gasteiger partial charge in [-0.15, -0.1) is 0 Å². The summed E-state index contributed by atoms with van der Waals surface area (Å²) >= 11 is 0. The second-order valence-corrected chi connectivity index (χ2v) is 3.84. The molecule has 0 amide bonds. The molecule has 1 rings (SSSR count). The Bertz CT molecular complexity index is 421. The van der Waals surface area contributed by atoms with Crippen molar-refractivity contribution in [2.75, 3.05) is 20.7 Å². The summed E-state index contributed by atoms with van der Waals surface area (Å²) in [6, 6.07) is 4.02. The van der Waals surface area contributed by atoms with Gasteiger partial charge in [0.2, 0.25) is 0 Å². The summed E-state index contributed by atoms with van der Waals surface area (Å²) in [7, 11) is 2.86. The highest BCUT2D eigenvalue weighted by molar-refractivity contribution is 5.92. The topological polar surface area (TPSA) is 99.0 Å². The van der Waals surface area contributed by atoms with Gasteiger partial charge in [-0.25, -0.2) is 4.79 Å². The summed E-state index contributed by atoms with van der Waals surface area (Å²) in [4.78, 5) is 11.2. The van der Waals surface area contributed by atoms with Crippen LogP contribution in [0.3, 0.4) is 0 Å². The molecule has 4 N–H and O–H groups in total. The number of nitrogens with one attached hydrogen (secondary N) is 1. The van der Waals surface area contributed by atoms with Gasteiger partial charge in [-0.2, -0.15) is 0 Å². The fourth-order valence-corrected chi connectivity index (χ4v) is 1.56. The zero-order valence-electron chi connectivity index (χ0n) is 10.3. The van der Waals surface area contributed by atoms with E-state index in [2.05, 4.69) is 10.1 Å². The van der Waals surface area contributed by atoms with E-state index in [-0.39, 0.29) is 17.9 Å². The summed E-state index contributed by atoms with van der Waals surface area (Å²) in [5.41, 5.74) is 0.333. The maximum absolute atomic E-state index is 11.2. The molecule has 0 heterocycles. The van der Waals surface area contributed by atoms with E-state index in [9.17, 15) is 20.1 Å². The van der Waals surface area contributed by atoms with Crippen LogP contribution in [0.1, 0.15) is 22.0 Å². The Balaban J connectivity index is 2.93. The lowest BCUT2D eigenvalue weighted by atomic mass is 10.0. The first-order chi connectivity index (χ1) is 8.51. The Hall–Kier alpha value is -1.63. The van der Waals surface area contributed by atoms with E-state index in [4.69, 9.17) is 0 Å². The van der Waals surface area contributed by atoms with Crippen molar-refractivity contribution < 1.29 is 24.9 Å². The van der Waals surface area contributed by atoms with Crippen molar-refractivity contribution in [3.8, 4) is 5.75 Å². The first kappa shape index (κ1) is 14.4. The number of aromatic hydroxyl groups is 1.